The molecule has 0 fully saturated rings. The molecule has 8 heteroatoms. The zero-order chi connectivity index (χ0) is 20.0. The molecule has 0 amide bonds. The van der Waals surface area contributed by atoms with Crippen molar-refractivity contribution in [2.45, 2.75) is 24.7 Å². The van der Waals surface area contributed by atoms with Crippen LogP contribution in [0.4, 0.5) is 0 Å². The Morgan fingerprint density at radius 2 is 1.86 bits per heavy atom. The Balaban J connectivity index is 1.61. The molecule has 0 spiro atoms. The van der Waals surface area contributed by atoms with Crippen LogP contribution in [0.1, 0.15) is 29.4 Å². The number of rotatable bonds is 8. The van der Waals surface area contributed by atoms with Crippen molar-refractivity contribution in [2.75, 3.05) is 12.4 Å². The minimum absolute atomic E-state index is 0.0167. The molecule has 7 nitrogen and oxygen atoms in total. The van der Waals surface area contributed by atoms with Gasteiger partial charge < -0.3 is 4.74 Å². The van der Waals surface area contributed by atoms with Gasteiger partial charge in [-0.2, -0.15) is 5.10 Å². The van der Waals surface area contributed by atoms with Crippen molar-refractivity contribution >= 4 is 15.8 Å². The predicted octanol–water partition coefficient (Wildman–Crippen LogP) is 2.85. The number of hydrogen-bond acceptors (Lipinski definition) is 6. The van der Waals surface area contributed by atoms with Crippen LogP contribution in [-0.2, 0) is 21.0 Å². The van der Waals surface area contributed by atoms with Crippen LogP contribution in [0.15, 0.2) is 65.8 Å². The van der Waals surface area contributed by atoms with Gasteiger partial charge in [0.15, 0.2) is 15.7 Å². The molecule has 0 saturated heterocycles. The molecule has 0 aliphatic carbocycles. The maximum atomic E-state index is 12.4. The highest BCUT2D eigenvalue weighted by molar-refractivity contribution is 7.91. The summed E-state index contributed by atoms with van der Waals surface area (Å²) >= 11 is 0. The molecule has 0 unspecified atom stereocenters. The summed E-state index contributed by atoms with van der Waals surface area (Å²) in [6.07, 6.45) is 3.90. The van der Waals surface area contributed by atoms with Gasteiger partial charge in [0, 0.05) is 6.20 Å². The molecule has 0 atom stereocenters. The number of nitrogens with zero attached hydrogens (tertiary/aromatic N) is 3. The Kier molecular flexibility index (Phi) is 6.20. The van der Waals surface area contributed by atoms with Crippen LogP contribution in [0, 0.1) is 0 Å². The molecule has 146 valence electrons. The lowest BCUT2D eigenvalue weighted by Gasteiger charge is -2.08. The Morgan fingerprint density at radius 1 is 1.11 bits per heavy atom. The van der Waals surface area contributed by atoms with Crippen molar-refractivity contribution in [2.24, 2.45) is 0 Å². The van der Waals surface area contributed by atoms with Gasteiger partial charge in [-0.05, 0) is 37.1 Å². The van der Waals surface area contributed by atoms with Crippen molar-refractivity contribution in [1.82, 2.24) is 14.8 Å². The van der Waals surface area contributed by atoms with E-state index in [0.29, 0.717) is 23.5 Å². The van der Waals surface area contributed by atoms with E-state index < -0.39 is 15.8 Å². The number of esters is 1. The molecule has 2 aromatic heterocycles. The number of hydrogen-bond donors (Lipinski definition) is 0. The number of ether oxygens (including phenoxy) is 1. The smallest absolute Gasteiger partial charge is 0.341 e. The van der Waals surface area contributed by atoms with Crippen molar-refractivity contribution in [3.8, 4) is 5.82 Å². The topological polar surface area (TPSA) is 91.2 Å². The van der Waals surface area contributed by atoms with E-state index in [9.17, 15) is 13.2 Å². The number of carbonyl (C=O) groups is 1. The Labute approximate surface area is 163 Å². The summed E-state index contributed by atoms with van der Waals surface area (Å²) < 4.78 is 31.4. The highest BCUT2D eigenvalue weighted by Crippen LogP contribution is 2.16. The summed E-state index contributed by atoms with van der Waals surface area (Å²) in [4.78, 5) is 16.9. The largest absolute Gasteiger partial charge is 0.462 e. The van der Waals surface area contributed by atoms with Gasteiger partial charge in [-0.1, -0.05) is 31.2 Å². The zero-order valence-corrected chi connectivity index (χ0v) is 16.3. The number of benzene rings is 1. The second-order valence-electron chi connectivity index (χ2n) is 6.08. The van der Waals surface area contributed by atoms with Crippen LogP contribution in [0.2, 0.25) is 0 Å². The molecule has 0 aliphatic heterocycles. The molecule has 0 radical (unpaired) electrons. The van der Waals surface area contributed by atoms with E-state index in [1.165, 1.54) is 6.20 Å². The van der Waals surface area contributed by atoms with E-state index in [4.69, 9.17) is 4.74 Å². The first-order valence-corrected chi connectivity index (χ1v) is 10.6. The normalized spacial score (nSPS) is 11.3. The zero-order valence-electron chi connectivity index (χ0n) is 15.5. The van der Waals surface area contributed by atoms with E-state index in [-0.39, 0.29) is 23.7 Å². The van der Waals surface area contributed by atoms with Gasteiger partial charge in [0.1, 0.15) is 5.56 Å². The Bertz CT molecular complexity index is 1030. The molecule has 1 aromatic carbocycles. The van der Waals surface area contributed by atoms with Crippen molar-refractivity contribution in [3.63, 3.8) is 0 Å². The first-order chi connectivity index (χ1) is 13.5. The molecule has 28 heavy (non-hydrogen) atoms. The van der Waals surface area contributed by atoms with E-state index in [1.807, 2.05) is 13.0 Å². The van der Waals surface area contributed by atoms with Crippen LogP contribution >= 0.6 is 0 Å². The fourth-order valence-corrected chi connectivity index (χ4v) is 4.10. The monoisotopic (exact) mass is 399 g/mol. The average molecular weight is 399 g/mol. The second-order valence-corrected chi connectivity index (χ2v) is 8.19. The molecule has 0 saturated carbocycles. The summed E-state index contributed by atoms with van der Waals surface area (Å²) in [7, 11) is -3.38. The van der Waals surface area contributed by atoms with Crippen LogP contribution in [0.25, 0.3) is 5.82 Å². The van der Waals surface area contributed by atoms with Crippen LogP contribution in [-0.4, -0.2) is 41.5 Å². The second kappa shape index (κ2) is 8.79. The highest BCUT2D eigenvalue weighted by Gasteiger charge is 2.19. The van der Waals surface area contributed by atoms with Gasteiger partial charge >= 0.3 is 5.97 Å². The lowest BCUT2D eigenvalue weighted by atomic mass is 10.2. The minimum Gasteiger partial charge on any atom is -0.462 e. The Hall–Kier alpha value is -3.00. The molecule has 0 bridgehead atoms. The molecule has 3 rings (SSSR count). The third-order valence-corrected chi connectivity index (χ3v) is 6.00. The molecule has 2 heterocycles. The van der Waals surface area contributed by atoms with Crippen molar-refractivity contribution < 1.29 is 17.9 Å². The van der Waals surface area contributed by atoms with Crippen molar-refractivity contribution in [3.05, 3.63) is 72.2 Å². The van der Waals surface area contributed by atoms with E-state index in [1.54, 1.807) is 53.3 Å². The van der Waals surface area contributed by atoms with Crippen LogP contribution < -0.4 is 0 Å². The van der Waals surface area contributed by atoms with Crippen molar-refractivity contribution in [1.29, 1.82) is 0 Å². The fourth-order valence-electron chi connectivity index (χ4n) is 2.80. The van der Waals surface area contributed by atoms with E-state index in [0.717, 1.165) is 0 Å². The SMILES string of the molecule is CCc1c(C(=O)OCCCS(=O)(=O)c2ccccc2)cnn1-c1ccccn1. The summed E-state index contributed by atoms with van der Waals surface area (Å²) in [6, 6.07) is 13.7. The highest BCUT2D eigenvalue weighted by atomic mass is 32.2. The summed E-state index contributed by atoms with van der Waals surface area (Å²) in [5, 5.41) is 4.24. The first kappa shape index (κ1) is 19.8. The third-order valence-electron chi connectivity index (χ3n) is 4.18. The van der Waals surface area contributed by atoms with Gasteiger partial charge in [0.2, 0.25) is 0 Å². The van der Waals surface area contributed by atoms with Gasteiger partial charge in [0.05, 0.1) is 29.1 Å². The standard InChI is InChI=1S/C20H21N3O4S/c1-2-18-17(15-22-23(18)19-11-6-7-12-21-19)20(24)27-13-8-14-28(25,26)16-9-4-3-5-10-16/h3-7,9-12,15H,2,8,13-14H2,1H3. The number of carbonyl (C=O) groups excluding carboxylic acids is 1. The Morgan fingerprint density at radius 3 is 2.54 bits per heavy atom. The summed E-state index contributed by atoms with van der Waals surface area (Å²) in [5.74, 6) is 0.0153. The molecule has 0 N–H and O–H groups in total. The number of sulfone groups is 1. The van der Waals surface area contributed by atoms with Gasteiger partial charge in [0.25, 0.3) is 0 Å². The van der Waals surface area contributed by atoms with Gasteiger partial charge in [-0.25, -0.2) is 22.9 Å². The van der Waals surface area contributed by atoms with E-state index >= 15 is 0 Å². The molecular formula is C20H21N3O4S. The molecule has 3 aromatic rings. The predicted molar refractivity (Wildman–Crippen MR) is 104 cm³/mol. The fraction of sp³-hybridized carbons (Fsp3) is 0.250. The van der Waals surface area contributed by atoms with Crippen LogP contribution in [0.5, 0.6) is 0 Å². The number of pyridine rings is 1. The van der Waals surface area contributed by atoms with Gasteiger partial charge in [-0.3, -0.25) is 0 Å². The maximum Gasteiger partial charge on any atom is 0.341 e. The lowest BCUT2D eigenvalue weighted by Crippen LogP contribution is -2.13. The third kappa shape index (κ3) is 4.45. The summed E-state index contributed by atoms with van der Waals surface area (Å²) in [5.41, 5.74) is 1.06. The first-order valence-electron chi connectivity index (χ1n) is 8.96. The van der Waals surface area contributed by atoms with Gasteiger partial charge in [-0.15, -0.1) is 0 Å². The van der Waals surface area contributed by atoms with Crippen LogP contribution in [0.3, 0.4) is 0 Å². The minimum atomic E-state index is -3.38. The van der Waals surface area contributed by atoms with E-state index in [2.05, 4.69) is 10.1 Å². The molecule has 0 aliphatic rings. The maximum absolute atomic E-state index is 12.4. The quantitative estimate of drug-likeness (QED) is 0.427. The molecular weight excluding hydrogens is 378 g/mol. The summed E-state index contributed by atoms with van der Waals surface area (Å²) in [6.45, 7) is 1.93. The average Bonchev–Trinajstić information content (AvgIpc) is 3.16. The number of aromatic nitrogens is 3. The lowest BCUT2D eigenvalue weighted by molar-refractivity contribution is 0.0504.